The van der Waals surface area contributed by atoms with Gasteiger partial charge in [-0.3, -0.25) is 4.79 Å². The molecule has 2 nitrogen and oxygen atoms in total. The van der Waals surface area contributed by atoms with Crippen LogP contribution in [0.3, 0.4) is 0 Å². The summed E-state index contributed by atoms with van der Waals surface area (Å²) in [5.74, 6) is 0. The Hall–Kier alpha value is -1.05. The third-order valence-corrected chi connectivity index (χ3v) is 3.47. The van der Waals surface area contributed by atoms with E-state index in [0.717, 1.165) is 12.0 Å². The van der Waals surface area contributed by atoms with Gasteiger partial charge in [0.1, 0.15) is 0 Å². The fraction of sp³-hybridized carbons (Fsp3) is 0.583. The molecule has 1 aromatic heterocycles. The van der Waals surface area contributed by atoms with Gasteiger partial charge in [-0.25, -0.2) is 0 Å². The second-order valence-electron chi connectivity index (χ2n) is 4.85. The molecule has 0 radical (unpaired) electrons. The van der Waals surface area contributed by atoms with Crippen LogP contribution in [-0.2, 0) is 0 Å². The highest BCUT2D eigenvalue weighted by molar-refractivity contribution is 5.72. The van der Waals surface area contributed by atoms with Crippen LogP contribution in [0.4, 0.5) is 0 Å². The Labute approximate surface area is 84.9 Å². The Bertz CT molecular complexity index is 338. The maximum Gasteiger partial charge on any atom is 0.166 e. The molecule has 0 N–H and O–H groups in total. The quantitative estimate of drug-likeness (QED) is 0.658. The largest absolute Gasteiger partial charge is 0.342 e. The predicted octanol–water partition coefficient (Wildman–Crippen LogP) is 3.05. The maximum absolute atomic E-state index is 10.8. The molecular weight excluding hydrogens is 174 g/mol. The van der Waals surface area contributed by atoms with E-state index in [0.29, 0.717) is 11.5 Å². The van der Waals surface area contributed by atoms with Crippen LogP contribution in [0, 0.1) is 5.41 Å². The number of carbonyl (C=O) groups excluding carboxylic acids is 1. The number of aromatic nitrogens is 1. The summed E-state index contributed by atoms with van der Waals surface area (Å²) in [5.41, 5.74) is 1.14. The molecule has 1 aliphatic rings. The molecule has 0 aliphatic heterocycles. The summed E-state index contributed by atoms with van der Waals surface area (Å²) in [7, 11) is 0. The number of aldehydes is 1. The van der Waals surface area contributed by atoms with Crippen molar-refractivity contribution < 1.29 is 4.79 Å². The Morgan fingerprint density at radius 3 is 2.93 bits per heavy atom. The van der Waals surface area contributed by atoms with Gasteiger partial charge in [-0.05, 0) is 30.4 Å². The molecule has 2 heteroatoms. The van der Waals surface area contributed by atoms with E-state index in [1.54, 1.807) is 0 Å². The number of rotatable bonds is 2. The number of hydrogen-bond acceptors (Lipinski definition) is 1. The van der Waals surface area contributed by atoms with E-state index >= 15 is 0 Å². The highest BCUT2D eigenvalue weighted by atomic mass is 16.1. The molecule has 2 rings (SSSR count). The van der Waals surface area contributed by atoms with Crippen LogP contribution in [0.25, 0.3) is 0 Å². The summed E-state index contributed by atoms with van der Waals surface area (Å²) in [6.07, 6.45) is 6.71. The van der Waals surface area contributed by atoms with Crippen molar-refractivity contribution in [3.63, 3.8) is 0 Å². The molecule has 0 amide bonds. The molecule has 0 spiro atoms. The minimum Gasteiger partial charge on any atom is -0.342 e. The molecule has 1 aliphatic carbocycles. The zero-order valence-corrected chi connectivity index (χ0v) is 8.86. The first-order valence-electron chi connectivity index (χ1n) is 5.27. The number of carbonyl (C=O) groups is 1. The van der Waals surface area contributed by atoms with Crippen LogP contribution in [0.1, 0.15) is 49.6 Å². The number of hydrogen-bond donors (Lipinski definition) is 0. The first-order chi connectivity index (χ1) is 6.65. The SMILES string of the molecule is CC1(C)CCCC1n1cccc1C=O. The van der Waals surface area contributed by atoms with Crippen molar-refractivity contribution >= 4 is 6.29 Å². The minimum absolute atomic E-state index is 0.330. The number of nitrogens with zero attached hydrogens (tertiary/aromatic N) is 1. The highest BCUT2D eigenvalue weighted by Gasteiger charge is 2.35. The van der Waals surface area contributed by atoms with Crippen molar-refractivity contribution in [1.29, 1.82) is 0 Å². The van der Waals surface area contributed by atoms with Crippen LogP contribution < -0.4 is 0 Å². The van der Waals surface area contributed by atoms with Gasteiger partial charge in [0.05, 0.1) is 5.69 Å². The van der Waals surface area contributed by atoms with E-state index in [-0.39, 0.29) is 0 Å². The summed E-state index contributed by atoms with van der Waals surface area (Å²) < 4.78 is 2.14. The smallest absolute Gasteiger partial charge is 0.166 e. The summed E-state index contributed by atoms with van der Waals surface area (Å²) in [6.45, 7) is 4.58. The predicted molar refractivity (Wildman–Crippen MR) is 56.5 cm³/mol. The van der Waals surface area contributed by atoms with Gasteiger partial charge in [0.15, 0.2) is 6.29 Å². The third-order valence-electron chi connectivity index (χ3n) is 3.47. The van der Waals surface area contributed by atoms with E-state index in [2.05, 4.69) is 18.4 Å². The van der Waals surface area contributed by atoms with Crippen LogP contribution in [0.2, 0.25) is 0 Å². The third kappa shape index (κ3) is 1.39. The zero-order valence-electron chi connectivity index (χ0n) is 8.86. The molecule has 14 heavy (non-hydrogen) atoms. The maximum atomic E-state index is 10.8. The van der Waals surface area contributed by atoms with Crippen molar-refractivity contribution in [2.75, 3.05) is 0 Å². The average Bonchev–Trinajstić information content (AvgIpc) is 2.69. The summed E-state index contributed by atoms with van der Waals surface area (Å²) in [5, 5.41) is 0. The lowest BCUT2D eigenvalue weighted by Gasteiger charge is -2.29. The van der Waals surface area contributed by atoms with E-state index in [9.17, 15) is 4.79 Å². The van der Waals surface area contributed by atoms with Crippen molar-refractivity contribution in [2.45, 2.75) is 39.2 Å². The van der Waals surface area contributed by atoms with Crippen molar-refractivity contribution in [1.82, 2.24) is 4.57 Å². The Kier molecular flexibility index (Phi) is 2.22. The van der Waals surface area contributed by atoms with Crippen LogP contribution >= 0.6 is 0 Å². The molecule has 1 aromatic rings. The van der Waals surface area contributed by atoms with Gasteiger partial charge < -0.3 is 4.57 Å². The lowest BCUT2D eigenvalue weighted by Crippen LogP contribution is -2.22. The molecule has 0 bridgehead atoms. The standard InChI is InChI=1S/C12H17NO/c1-12(2)7-3-6-11(12)13-8-4-5-10(13)9-14/h4-5,8-9,11H,3,6-7H2,1-2H3. The van der Waals surface area contributed by atoms with Gasteiger partial charge >= 0.3 is 0 Å². The van der Waals surface area contributed by atoms with Gasteiger partial charge in [-0.1, -0.05) is 20.3 Å². The molecule has 1 saturated carbocycles. The van der Waals surface area contributed by atoms with Gasteiger partial charge in [0.25, 0.3) is 0 Å². The molecule has 0 aromatic carbocycles. The molecule has 76 valence electrons. The monoisotopic (exact) mass is 191 g/mol. The topological polar surface area (TPSA) is 22.0 Å². The summed E-state index contributed by atoms with van der Waals surface area (Å²) >= 11 is 0. The van der Waals surface area contributed by atoms with Crippen molar-refractivity contribution in [2.24, 2.45) is 5.41 Å². The van der Waals surface area contributed by atoms with Crippen LogP contribution in [-0.4, -0.2) is 10.9 Å². The molecule has 1 fully saturated rings. The second kappa shape index (κ2) is 3.26. The lowest BCUT2D eigenvalue weighted by molar-refractivity contribution is 0.110. The van der Waals surface area contributed by atoms with Crippen LogP contribution in [0.5, 0.6) is 0 Å². The molecule has 1 unspecified atom stereocenters. The highest BCUT2D eigenvalue weighted by Crippen LogP contribution is 2.46. The first-order valence-corrected chi connectivity index (χ1v) is 5.27. The Balaban J connectivity index is 2.35. The molecule has 1 heterocycles. The summed E-state index contributed by atoms with van der Waals surface area (Å²) in [6, 6.07) is 4.34. The fourth-order valence-corrected chi connectivity index (χ4v) is 2.61. The molecule has 1 atom stereocenters. The van der Waals surface area contributed by atoms with Gasteiger partial charge in [0, 0.05) is 12.2 Å². The summed E-state index contributed by atoms with van der Waals surface area (Å²) in [4.78, 5) is 10.8. The van der Waals surface area contributed by atoms with E-state index in [1.165, 1.54) is 19.3 Å². The lowest BCUT2D eigenvalue weighted by atomic mass is 9.87. The van der Waals surface area contributed by atoms with Crippen molar-refractivity contribution in [3.05, 3.63) is 24.0 Å². The van der Waals surface area contributed by atoms with Crippen LogP contribution in [0.15, 0.2) is 18.3 Å². The van der Waals surface area contributed by atoms with Crippen molar-refractivity contribution in [3.8, 4) is 0 Å². The Morgan fingerprint density at radius 2 is 2.36 bits per heavy atom. The zero-order chi connectivity index (χ0) is 10.2. The first kappa shape index (κ1) is 9.50. The van der Waals surface area contributed by atoms with Gasteiger partial charge in [0.2, 0.25) is 0 Å². The fourth-order valence-electron chi connectivity index (χ4n) is 2.61. The molecular formula is C12H17NO. The second-order valence-corrected chi connectivity index (χ2v) is 4.85. The molecule has 0 saturated heterocycles. The van der Waals surface area contributed by atoms with Gasteiger partial charge in [-0.2, -0.15) is 0 Å². The van der Waals surface area contributed by atoms with E-state index < -0.39 is 0 Å². The Morgan fingerprint density at radius 1 is 1.57 bits per heavy atom. The average molecular weight is 191 g/mol. The minimum atomic E-state index is 0.330. The van der Waals surface area contributed by atoms with E-state index in [4.69, 9.17) is 0 Å². The normalized spacial score (nSPS) is 25.1. The van der Waals surface area contributed by atoms with Gasteiger partial charge in [-0.15, -0.1) is 0 Å². The van der Waals surface area contributed by atoms with E-state index in [1.807, 2.05) is 18.3 Å².